The summed E-state index contributed by atoms with van der Waals surface area (Å²) in [7, 11) is 1.63. The van der Waals surface area contributed by atoms with E-state index in [0.717, 1.165) is 11.5 Å². The number of benzene rings is 1. The van der Waals surface area contributed by atoms with Crippen molar-refractivity contribution < 1.29 is 19.0 Å². The predicted molar refractivity (Wildman–Crippen MR) is 91.9 cm³/mol. The van der Waals surface area contributed by atoms with Gasteiger partial charge in [0.1, 0.15) is 23.9 Å². The van der Waals surface area contributed by atoms with Gasteiger partial charge >= 0.3 is 6.09 Å². The van der Waals surface area contributed by atoms with Gasteiger partial charge < -0.3 is 19.5 Å². The summed E-state index contributed by atoms with van der Waals surface area (Å²) in [5.41, 5.74) is 0.577. The minimum atomic E-state index is -0.493. The normalized spacial score (nSPS) is 9.92. The van der Waals surface area contributed by atoms with Crippen LogP contribution in [0.5, 0.6) is 11.5 Å². The molecule has 0 fully saturated rings. The minimum Gasteiger partial charge on any atom is -0.497 e. The monoisotopic (exact) mass is 331 g/mol. The van der Waals surface area contributed by atoms with Crippen LogP contribution in [-0.4, -0.2) is 37.9 Å². The van der Waals surface area contributed by atoms with Crippen LogP contribution in [0.25, 0.3) is 0 Å². The van der Waals surface area contributed by atoms with Crippen molar-refractivity contribution in [1.82, 2.24) is 4.98 Å². The third-order valence-corrected chi connectivity index (χ3v) is 3.02. The van der Waals surface area contributed by atoms with Gasteiger partial charge in [-0.1, -0.05) is 0 Å². The maximum atomic E-state index is 11.3. The van der Waals surface area contributed by atoms with Crippen LogP contribution < -0.4 is 20.1 Å². The zero-order valence-electron chi connectivity index (χ0n) is 13.7. The standard InChI is InChI=1S/C17H21N3O4/c1-3-23-17(21)20-13-4-9-16(19-12-13)18-10-11-24-15-7-5-14(22-2)6-8-15/h4-9,12H,3,10-11H2,1-2H3,(H,18,19)(H,20,21). The number of aromatic nitrogens is 1. The Balaban J connectivity index is 1.71. The maximum Gasteiger partial charge on any atom is 0.411 e. The first-order valence-corrected chi connectivity index (χ1v) is 7.62. The fraction of sp³-hybridized carbons (Fsp3) is 0.294. The third kappa shape index (κ3) is 5.68. The molecule has 0 saturated carbocycles. The number of pyridine rings is 1. The Morgan fingerprint density at radius 1 is 1.12 bits per heavy atom. The number of carbonyl (C=O) groups excluding carboxylic acids is 1. The Hall–Kier alpha value is -2.96. The highest BCUT2D eigenvalue weighted by Gasteiger charge is 2.02. The van der Waals surface area contributed by atoms with E-state index in [1.54, 1.807) is 32.4 Å². The molecule has 0 radical (unpaired) electrons. The molecular formula is C17H21N3O4. The molecule has 2 rings (SSSR count). The molecule has 128 valence electrons. The number of hydrogen-bond donors (Lipinski definition) is 2. The summed E-state index contributed by atoms with van der Waals surface area (Å²) >= 11 is 0. The Labute approximate surface area is 140 Å². The second-order valence-corrected chi connectivity index (χ2v) is 4.73. The van der Waals surface area contributed by atoms with Crippen molar-refractivity contribution >= 4 is 17.6 Å². The van der Waals surface area contributed by atoms with Crippen molar-refractivity contribution in [3.8, 4) is 11.5 Å². The minimum absolute atomic E-state index is 0.326. The van der Waals surface area contributed by atoms with Crippen LogP contribution in [-0.2, 0) is 4.74 Å². The second kappa shape index (κ2) is 9.24. The third-order valence-electron chi connectivity index (χ3n) is 3.02. The summed E-state index contributed by atoms with van der Waals surface area (Å²) in [5.74, 6) is 2.27. The molecule has 1 aromatic heterocycles. The van der Waals surface area contributed by atoms with Crippen molar-refractivity contribution in [3.63, 3.8) is 0 Å². The van der Waals surface area contributed by atoms with E-state index >= 15 is 0 Å². The zero-order valence-corrected chi connectivity index (χ0v) is 13.7. The quantitative estimate of drug-likeness (QED) is 0.723. The molecule has 0 aliphatic carbocycles. The summed E-state index contributed by atoms with van der Waals surface area (Å²) in [6, 6.07) is 10.9. The average Bonchev–Trinajstić information content (AvgIpc) is 2.61. The summed E-state index contributed by atoms with van der Waals surface area (Å²) < 4.78 is 15.5. The Morgan fingerprint density at radius 3 is 2.50 bits per heavy atom. The molecule has 1 aromatic carbocycles. The lowest BCUT2D eigenvalue weighted by Crippen LogP contribution is -2.14. The van der Waals surface area contributed by atoms with Crippen LogP contribution in [0.1, 0.15) is 6.92 Å². The molecule has 1 amide bonds. The number of carbonyl (C=O) groups is 1. The summed E-state index contributed by atoms with van der Waals surface area (Å²) in [4.78, 5) is 15.5. The summed E-state index contributed by atoms with van der Waals surface area (Å²) in [5, 5.41) is 5.72. The molecule has 0 saturated heterocycles. The van der Waals surface area contributed by atoms with E-state index in [1.807, 2.05) is 24.3 Å². The van der Waals surface area contributed by atoms with Gasteiger partial charge in [0, 0.05) is 0 Å². The topological polar surface area (TPSA) is 81.7 Å². The lowest BCUT2D eigenvalue weighted by molar-refractivity contribution is 0.168. The highest BCUT2D eigenvalue weighted by molar-refractivity contribution is 5.84. The highest BCUT2D eigenvalue weighted by Crippen LogP contribution is 2.16. The first kappa shape index (κ1) is 17.4. The fourth-order valence-corrected chi connectivity index (χ4v) is 1.88. The van der Waals surface area contributed by atoms with Crippen LogP contribution in [0.4, 0.5) is 16.3 Å². The first-order chi connectivity index (χ1) is 11.7. The largest absolute Gasteiger partial charge is 0.497 e. The number of amides is 1. The summed E-state index contributed by atoms with van der Waals surface area (Å²) in [6.07, 6.45) is 1.07. The molecule has 0 aliphatic heterocycles. The van der Waals surface area contributed by atoms with E-state index in [4.69, 9.17) is 14.2 Å². The van der Waals surface area contributed by atoms with Gasteiger partial charge in [-0.05, 0) is 43.3 Å². The number of methoxy groups -OCH3 is 1. The van der Waals surface area contributed by atoms with Gasteiger partial charge in [-0.2, -0.15) is 0 Å². The van der Waals surface area contributed by atoms with E-state index in [-0.39, 0.29) is 0 Å². The maximum absolute atomic E-state index is 11.3. The number of anilines is 2. The predicted octanol–water partition coefficient (Wildman–Crippen LogP) is 3.15. The molecular weight excluding hydrogens is 310 g/mol. The van der Waals surface area contributed by atoms with Gasteiger partial charge in [0.25, 0.3) is 0 Å². The van der Waals surface area contributed by atoms with Crippen LogP contribution in [0.15, 0.2) is 42.6 Å². The fourth-order valence-electron chi connectivity index (χ4n) is 1.88. The van der Waals surface area contributed by atoms with Gasteiger partial charge in [0.15, 0.2) is 0 Å². The molecule has 2 aromatic rings. The van der Waals surface area contributed by atoms with Crippen molar-refractivity contribution in [3.05, 3.63) is 42.6 Å². The lowest BCUT2D eigenvalue weighted by atomic mass is 10.3. The van der Waals surface area contributed by atoms with Crippen LogP contribution in [0.3, 0.4) is 0 Å². The van der Waals surface area contributed by atoms with E-state index < -0.39 is 6.09 Å². The SMILES string of the molecule is CCOC(=O)Nc1ccc(NCCOc2ccc(OC)cc2)nc1. The Kier molecular flexibility index (Phi) is 6.70. The van der Waals surface area contributed by atoms with E-state index in [9.17, 15) is 4.79 Å². The van der Waals surface area contributed by atoms with Gasteiger partial charge in [-0.15, -0.1) is 0 Å². The van der Waals surface area contributed by atoms with E-state index in [1.165, 1.54) is 0 Å². The molecule has 7 nitrogen and oxygen atoms in total. The number of ether oxygens (including phenoxy) is 3. The Morgan fingerprint density at radius 2 is 1.88 bits per heavy atom. The number of nitrogens with one attached hydrogen (secondary N) is 2. The Bertz CT molecular complexity index is 629. The van der Waals surface area contributed by atoms with Crippen LogP contribution in [0, 0.1) is 0 Å². The van der Waals surface area contributed by atoms with Gasteiger partial charge in [-0.3, -0.25) is 5.32 Å². The lowest BCUT2D eigenvalue weighted by Gasteiger charge is -2.09. The highest BCUT2D eigenvalue weighted by atomic mass is 16.5. The molecule has 1 heterocycles. The average molecular weight is 331 g/mol. The van der Waals surface area contributed by atoms with E-state index in [0.29, 0.717) is 31.3 Å². The van der Waals surface area contributed by atoms with Crippen molar-refractivity contribution in [1.29, 1.82) is 0 Å². The summed E-state index contributed by atoms with van der Waals surface area (Å²) in [6.45, 7) is 3.17. The van der Waals surface area contributed by atoms with Crippen LogP contribution >= 0.6 is 0 Å². The molecule has 2 N–H and O–H groups in total. The smallest absolute Gasteiger partial charge is 0.411 e. The molecule has 24 heavy (non-hydrogen) atoms. The number of rotatable bonds is 8. The molecule has 0 aliphatic rings. The molecule has 0 atom stereocenters. The molecule has 0 bridgehead atoms. The zero-order chi connectivity index (χ0) is 17.2. The van der Waals surface area contributed by atoms with Crippen molar-refractivity contribution in [2.24, 2.45) is 0 Å². The van der Waals surface area contributed by atoms with Crippen molar-refractivity contribution in [2.75, 3.05) is 37.5 Å². The number of hydrogen-bond acceptors (Lipinski definition) is 6. The number of nitrogens with zero attached hydrogens (tertiary/aromatic N) is 1. The molecule has 7 heteroatoms. The van der Waals surface area contributed by atoms with Gasteiger partial charge in [0.05, 0.1) is 32.1 Å². The van der Waals surface area contributed by atoms with Gasteiger partial charge in [0.2, 0.25) is 0 Å². The molecule has 0 spiro atoms. The van der Waals surface area contributed by atoms with E-state index in [2.05, 4.69) is 15.6 Å². The first-order valence-electron chi connectivity index (χ1n) is 7.62. The van der Waals surface area contributed by atoms with Crippen molar-refractivity contribution in [2.45, 2.75) is 6.92 Å². The van der Waals surface area contributed by atoms with Crippen LogP contribution in [0.2, 0.25) is 0 Å². The molecule has 0 unspecified atom stereocenters. The second-order valence-electron chi connectivity index (χ2n) is 4.73. The van der Waals surface area contributed by atoms with Gasteiger partial charge in [-0.25, -0.2) is 9.78 Å².